The molecule has 0 aromatic heterocycles. The van der Waals surface area contributed by atoms with Gasteiger partial charge in [0.2, 0.25) is 11.8 Å². The number of imide groups is 1. The predicted octanol–water partition coefficient (Wildman–Crippen LogP) is 1.92. The highest BCUT2D eigenvalue weighted by Gasteiger charge is 2.48. The van der Waals surface area contributed by atoms with Crippen molar-refractivity contribution in [1.82, 2.24) is 4.90 Å². The van der Waals surface area contributed by atoms with E-state index in [-0.39, 0.29) is 29.9 Å². The summed E-state index contributed by atoms with van der Waals surface area (Å²) in [5.41, 5.74) is -0.485. The fraction of sp³-hybridized carbons (Fsp3) is 0.786. The number of carbonyl (C=O) groups excluding carboxylic acids is 3. The van der Waals surface area contributed by atoms with Crippen LogP contribution in [0.4, 0.5) is 0 Å². The van der Waals surface area contributed by atoms with E-state index in [9.17, 15) is 14.4 Å². The van der Waals surface area contributed by atoms with Gasteiger partial charge in [-0.3, -0.25) is 19.3 Å². The van der Waals surface area contributed by atoms with Gasteiger partial charge in [0.05, 0.1) is 5.92 Å². The van der Waals surface area contributed by atoms with Gasteiger partial charge in [0.25, 0.3) is 0 Å². The molecule has 2 unspecified atom stereocenters. The van der Waals surface area contributed by atoms with Crippen molar-refractivity contribution in [3.8, 4) is 0 Å². The van der Waals surface area contributed by atoms with Crippen LogP contribution in [0.1, 0.15) is 52.9 Å². The predicted molar refractivity (Wildman–Crippen MR) is 66.7 cm³/mol. The van der Waals surface area contributed by atoms with Gasteiger partial charge in [-0.1, -0.05) is 6.42 Å². The second kappa shape index (κ2) is 4.48. The molecule has 0 spiro atoms. The van der Waals surface area contributed by atoms with E-state index in [1.807, 2.05) is 20.8 Å². The van der Waals surface area contributed by atoms with Gasteiger partial charge in [0.15, 0.2) is 0 Å². The highest BCUT2D eigenvalue weighted by atomic mass is 16.2. The normalized spacial score (nSPS) is 30.2. The quantitative estimate of drug-likeness (QED) is 0.669. The molecule has 0 N–H and O–H groups in total. The maximum Gasteiger partial charge on any atom is 0.234 e. The van der Waals surface area contributed by atoms with Crippen LogP contribution in [-0.4, -0.2) is 28.0 Å². The summed E-state index contributed by atoms with van der Waals surface area (Å²) in [4.78, 5) is 37.6. The lowest BCUT2D eigenvalue weighted by molar-refractivity contribution is -0.146. The topological polar surface area (TPSA) is 54.5 Å². The van der Waals surface area contributed by atoms with Gasteiger partial charge in [-0.05, 0) is 33.6 Å². The molecule has 1 heterocycles. The number of hydrogen-bond acceptors (Lipinski definition) is 3. The molecule has 1 aliphatic carbocycles. The molecule has 0 bridgehead atoms. The Balaban J connectivity index is 2.20. The Kier molecular flexibility index (Phi) is 3.30. The minimum absolute atomic E-state index is 0.129. The van der Waals surface area contributed by atoms with E-state index in [1.54, 1.807) is 0 Å². The Labute approximate surface area is 108 Å². The summed E-state index contributed by atoms with van der Waals surface area (Å²) in [5.74, 6) is -0.723. The van der Waals surface area contributed by atoms with E-state index >= 15 is 0 Å². The molecule has 2 aliphatic rings. The van der Waals surface area contributed by atoms with Crippen molar-refractivity contribution in [2.24, 2.45) is 11.8 Å². The summed E-state index contributed by atoms with van der Waals surface area (Å²) in [6.45, 7) is 5.57. The summed E-state index contributed by atoms with van der Waals surface area (Å²) in [5, 5.41) is 0. The van der Waals surface area contributed by atoms with E-state index in [4.69, 9.17) is 0 Å². The van der Waals surface area contributed by atoms with Crippen LogP contribution < -0.4 is 0 Å². The molecule has 4 nitrogen and oxygen atoms in total. The fourth-order valence-corrected chi connectivity index (χ4v) is 3.11. The molecule has 1 aliphatic heterocycles. The molecule has 2 fully saturated rings. The minimum atomic E-state index is -0.485. The monoisotopic (exact) mass is 251 g/mol. The van der Waals surface area contributed by atoms with Crippen molar-refractivity contribution < 1.29 is 14.4 Å². The van der Waals surface area contributed by atoms with Gasteiger partial charge in [-0.15, -0.1) is 0 Å². The van der Waals surface area contributed by atoms with Crippen LogP contribution in [0.5, 0.6) is 0 Å². The molecule has 18 heavy (non-hydrogen) atoms. The summed E-state index contributed by atoms with van der Waals surface area (Å²) in [6.07, 6.45) is 3.46. The van der Waals surface area contributed by atoms with Gasteiger partial charge in [-0.2, -0.15) is 0 Å². The average Bonchev–Trinajstić information content (AvgIpc) is 2.54. The van der Waals surface area contributed by atoms with Gasteiger partial charge in [0, 0.05) is 24.3 Å². The number of carbonyl (C=O) groups is 3. The molecule has 4 heteroatoms. The molecule has 1 saturated heterocycles. The first kappa shape index (κ1) is 13.2. The number of nitrogens with zero attached hydrogens (tertiary/aromatic N) is 1. The number of ketones is 1. The van der Waals surface area contributed by atoms with E-state index in [1.165, 1.54) is 4.90 Å². The minimum Gasteiger partial charge on any atom is -0.299 e. The Bertz CT molecular complexity index is 394. The Morgan fingerprint density at radius 1 is 1.06 bits per heavy atom. The number of rotatable bonds is 1. The zero-order valence-electron chi connectivity index (χ0n) is 11.4. The van der Waals surface area contributed by atoms with Crippen molar-refractivity contribution in [2.45, 2.75) is 58.4 Å². The van der Waals surface area contributed by atoms with Crippen molar-refractivity contribution >= 4 is 17.6 Å². The summed E-state index contributed by atoms with van der Waals surface area (Å²) >= 11 is 0. The zero-order chi connectivity index (χ0) is 13.5. The third kappa shape index (κ3) is 2.20. The Morgan fingerprint density at radius 2 is 1.72 bits per heavy atom. The van der Waals surface area contributed by atoms with E-state index in [0.29, 0.717) is 6.42 Å². The van der Waals surface area contributed by atoms with Crippen LogP contribution in [0.2, 0.25) is 0 Å². The molecule has 2 amide bonds. The lowest BCUT2D eigenvalue weighted by atomic mass is 9.78. The number of likely N-dealkylation sites (tertiary alicyclic amines) is 1. The highest BCUT2D eigenvalue weighted by molar-refractivity contribution is 6.06. The third-order valence-corrected chi connectivity index (χ3v) is 3.94. The van der Waals surface area contributed by atoms with Crippen LogP contribution in [0.3, 0.4) is 0 Å². The molecule has 0 radical (unpaired) electrons. The number of Topliss-reactive ketones (excluding diaryl/α,β-unsaturated/α-hetero) is 1. The summed E-state index contributed by atoms with van der Waals surface area (Å²) < 4.78 is 0. The summed E-state index contributed by atoms with van der Waals surface area (Å²) in [6, 6.07) is 0. The second-order valence-corrected chi connectivity index (χ2v) is 6.37. The number of hydrogen-bond donors (Lipinski definition) is 0. The van der Waals surface area contributed by atoms with Gasteiger partial charge in [-0.25, -0.2) is 0 Å². The van der Waals surface area contributed by atoms with Crippen LogP contribution in [0.15, 0.2) is 0 Å². The molecule has 0 aromatic rings. The smallest absolute Gasteiger partial charge is 0.234 e. The van der Waals surface area contributed by atoms with Crippen LogP contribution in [0.25, 0.3) is 0 Å². The van der Waals surface area contributed by atoms with E-state index in [0.717, 1.165) is 19.3 Å². The highest BCUT2D eigenvalue weighted by Crippen LogP contribution is 2.36. The second-order valence-electron chi connectivity index (χ2n) is 6.37. The largest absolute Gasteiger partial charge is 0.299 e. The van der Waals surface area contributed by atoms with E-state index in [2.05, 4.69) is 0 Å². The molecule has 0 aromatic carbocycles. The first-order valence-corrected chi connectivity index (χ1v) is 6.72. The Hall–Kier alpha value is -1.19. The molecule has 2 rings (SSSR count). The van der Waals surface area contributed by atoms with Gasteiger partial charge < -0.3 is 0 Å². The molecule has 100 valence electrons. The average molecular weight is 251 g/mol. The molecule has 1 saturated carbocycles. The first-order valence-electron chi connectivity index (χ1n) is 6.72. The van der Waals surface area contributed by atoms with Crippen LogP contribution in [-0.2, 0) is 14.4 Å². The molecular formula is C14H21NO3. The van der Waals surface area contributed by atoms with Crippen molar-refractivity contribution in [3.05, 3.63) is 0 Å². The van der Waals surface area contributed by atoms with Crippen LogP contribution in [0, 0.1) is 11.8 Å². The Morgan fingerprint density at radius 3 is 2.22 bits per heavy atom. The summed E-state index contributed by atoms with van der Waals surface area (Å²) in [7, 11) is 0. The van der Waals surface area contributed by atoms with Gasteiger partial charge in [0.1, 0.15) is 5.78 Å². The van der Waals surface area contributed by atoms with E-state index < -0.39 is 11.5 Å². The molecular weight excluding hydrogens is 230 g/mol. The van der Waals surface area contributed by atoms with Crippen molar-refractivity contribution in [3.63, 3.8) is 0 Å². The zero-order valence-corrected chi connectivity index (χ0v) is 11.4. The first-order chi connectivity index (χ1) is 8.32. The number of amides is 2. The fourth-order valence-electron chi connectivity index (χ4n) is 3.11. The maximum absolute atomic E-state index is 12.4. The third-order valence-electron chi connectivity index (χ3n) is 3.94. The maximum atomic E-state index is 12.4. The van der Waals surface area contributed by atoms with Crippen molar-refractivity contribution in [2.75, 3.05) is 0 Å². The molecule has 2 atom stereocenters. The lowest BCUT2D eigenvalue weighted by Crippen LogP contribution is -2.46. The van der Waals surface area contributed by atoms with Gasteiger partial charge >= 0.3 is 0 Å². The van der Waals surface area contributed by atoms with Crippen LogP contribution >= 0.6 is 0 Å². The lowest BCUT2D eigenvalue weighted by Gasteiger charge is -2.31. The standard InChI is InChI=1S/C14H21NO3/c1-14(2,3)15-12(17)8-10(13(15)18)9-6-4-5-7-11(9)16/h9-10H,4-8H2,1-3H3. The van der Waals surface area contributed by atoms with Crippen molar-refractivity contribution in [1.29, 1.82) is 0 Å². The SMILES string of the molecule is CC(C)(C)N1C(=O)CC(C2CCCCC2=O)C1=O.